The number of carbonyl (C=O) groups excluding carboxylic acids is 1. The number of hydrogen-bond acceptors (Lipinski definition) is 6. The molecule has 11 heteroatoms. The zero-order valence-corrected chi connectivity index (χ0v) is 21.6. The Balaban J connectivity index is 1.42. The Hall–Kier alpha value is -3.22. The molecule has 0 atom stereocenters. The summed E-state index contributed by atoms with van der Waals surface area (Å²) in [6, 6.07) is 7.90. The number of alkyl halides is 1. The number of anilines is 1. The summed E-state index contributed by atoms with van der Waals surface area (Å²) in [5.74, 6) is 0.836. The summed E-state index contributed by atoms with van der Waals surface area (Å²) in [7, 11) is 2.00. The highest BCUT2D eigenvalue weighted by Gasteiger charge is 2.27. The van der Waals surface area contributed by atoms with E-state index in [9.17, 15) is 4.79 Å². The molecule has 0 bridgehead atoms. The van der Waals surface area contributed by atoms with Gasteiger partial charge in [-0.05, 0) is 36.5 Å². The summed E-state index contributed by atoms with van der Waals surface area (Å²) in [5.41, 5.74) is 12.8. The number of nitrogens with one attached hydrogen (secondary N) is 1. The summed E-state index contributed by atoms with van der Waals surface area (Å²) in [5, 5.41) is 7.48. The fraction of sp³-hybridized carbons (Fsp3) is 0.292. The SMILES string of the molecule is Bc1c(C2CCN(C(=O)NCCI)CC2)nc2c(-c3ccc(-c4cccnc4)nc3)cnn2c1N. The number of nitrogens with two attached hydrogens (primary N) is 1. The summed E-state index contributed by atoms with van der Waals surface area (Å²) >= 11 is 2.26. The molecule has 1 fully saturated rings. The normalized spacial score (nSPS) is 14.4. The second-order valence-electron chi connectivity index (χ2n) is 8.66. The van der Waals surface area contributed by atoms with Crippen LogP contribution < -0.4 is 16.5 Å². The van der Waals surface area contributed by atoms with Crippen molar-refractivity contribution in [2.45, 2.75) is 18.8 Å². The molecule has 0 radical (unpaired) electrons. The zero-order chi connectivity index (χ0) is 24.4. The molecule has 5 heterocycles. The van der Waals surface area contributed by atoms with Crippen molar-refractivity contribution in [3.8, 4) is 22.4 Å². The minimum atomic E-state index is 0.0140. The van der Waals surface area contributed by atoms with Gasteiger partial charge < -0.3 is 16.0 Å². The number of piperidine rings is 1. The maximum Gasteiger partial charge on any atom is 0.317 e. The Morgan fingerprint density at radius 3 is 2.69 bits per heavy atom. The van der Waals surface area contributed by atoms with Gasteiger partial charge in [-0.15, -0.1) is 0 Å². The van der Waals surface area contributed by atoms with Crippen molar-refractivity contribution in [1.82, 2.24) is 34.8 Å². The van der Waals surface area contributed by atoms with Gasteiger partial charge in [-0.1, -0.05) is 28.7 Å². The van der Waals surface area contributed by atoms with E-state index in [-0.39, 0.29) is 11.9 Å². The van der Waals surface area contributed by atoms with Crippen LogP contribution in [0.4, 0.5) is 10.6 Å². The summed E-state index contributed by atoms with van der Waals surface area (Å²) in [6.45, 7) is 2.10. The van der Waals surface area contributed by atoms with E-state index in [1.54, 1.807) is 23.1 Å². The highest BCUT2D eigenvalue weighted by atomic mass is 127. The fourth-order valence-corrected chi connectivity index (χ4v) is 4.84. The smallest absolute Gasteiger partial charge is 0.317 e. The number of likely N-dealkylation sites (tertiary alicyclic amines) is 1. The number of fused-ring (bicyclic) bond motifs is 1. The predicted molar refractivity (Wildman–Crippen MR) is 148 cm³/mol. The number of pyridine rings is 2. The van der Waals surface area contributed by atoms with E-state index in [4.69, 9.17) is 10.7 Å². The van der Waals surface area contributed by atoms with Crippen molar-refractivity contribution >= 4 is 53.4 Å². The van der Waals surface area contributed by atoms with Crippen LogP contribution in [0.1, 0.15) is 24.5 Å². The van der Waals surface area contributed by atoms with Crippen LogP contribution in [0.15, 0.2) is 49.1 Å². The van der Waals surface area contributed by atoms with E-state index in [2.05, 4.69) is 43.0 Å². The van der Waals surface area contributed by atoms with Crippen molar-refractivity contribution < 1.29 is 4.79 Å². The topological polar surface area (TPSA) is 114 Å². The van der Waals surface area contributed by atoms with Gasteiger partial charge in [-0.3, -0.25) is 9.97 Å². The number of aromatic nitrogens is 5. The Labute approximate surface area is 218 Å². The molecule has 1 aliphatic rings. The van der Waals surface area contributed by atoms with Crippen LogP contribution in [0.3, 0.4) is 0 Å². The van der Waals surface area contributed by atoms with E-state index in [0.29, 0.717) is 25.5 Å². The molecule has 4 aromatic rings. The van der Waals surface area contributed by atoms with Crippen LogP contribution in [-0.2, 0) is 0 Å². The number of nitrogen functional groups attached to an aromatic ring is 1. The van der Waals surface area contributed by atoms with E-state index >= 15 is 0 Å². The summed E-state index contributed by atoms with van der Waals surface area (Å²) < 4.78 is 2.60. The molecule has 1 saturated heterocycles. The second kappa shape index (κ2) is 10.2. The first-order valence-corrected chi connectivity index (χ1v) is 13.2. The number of halogens is 1. The maximum atomic E-state index is 12.3. The standard InChI is InChI=1S/C24H26BIN8O/c25-20-21(15-5-10-33(11-6-15)24(35)29-9-7-26)32-23-18(14-31-34(23)22(20)27)16-3-4-19(30-13-16)17-2-1-8-28-12-17/h1-4,8,12-15H,5-7,9-11,25,27H2,(H,29,35). The molecule has 9 nitrogen and oxygen atoms in total. The lowest BCUT2D eigenvalue weighted by molar-refractivity contribution is 0.182. The van der Waals surface area contributed by atoms with Crippen molar-refractivity contribution in [3.63, 3.8) is 0 Å². The molecular weight excluding hydrogens is 554 g/mol. The van der Waals surface area contributed by atoms with Gasteiger partial charge >= 0.3 is 6.03 Å². The average Bonchev–Trinajstić information content (AvgIpc) is 3.34. The largest absolute Gasteiger partial charge is 0.384 e. The van der Waals surface area contributed by atoms with E-state index in [0.717, 1.165) is 56.5 Å². The molecule has 0 aromatic carbocycles. The van der Waals surface area contributed by atoms with E-state index in [1.807, 2.05) is 43.2 Å². The lowest BCUT2D eigenvalue weighted by Crippen LogP contribution is -2.45. The van der Waals surface area contributed by atoms with Crippen LogP contribution in [0.25, 0.3) is 28.0 Å². The number of hydrogen-bond donors (Lipinski definition) is 2. The molecule has 5 rings (SSSR count). The van der Waals surface area contributed by atoms with Crippen molar-refractivity contribution in [3.05, 3.63) is 54.7 Å². The Morgan fingerprint density at radius 1 is 1.17 bits per heavy atom. The molecule has 3 N–H and O–H groups in total. The molecule has 1 aliphatic heterocycles. The van der Waals surface area contributed by atoms with Gasteiger partial charge in [0.15, 0.2) is 5.65 Å². The van der Waals surface area contributed by atoms with Gasteiger partial charge in [0.1, 0.15) is 13.7 Å². The highest BCUT2D eigenvalue weighted by Crippen LogP contribution is 2.30. The van der Waals surface area contributed by atoms with Crippen LogP contribution in [0.2, 0.25) is 0 Å². The van der Waals surface area contributed by atoms with Gasteiger partial charge in [0.2, 0.25) is 0 Å². The highest BCUT2D eigenvalue weighted by molar-refractivity contribution is 14.1. The lowest BCUT2D eigenvalue weighted by atomic mass is 9.84. The molecule has 2 amide bonds. The molecule has 4 aromatic heterocycles. The van der Waals surface area contributed by atoms with Crippen LogP contribution >= 0.6 is 22.6 Å². The molecule has 0 saturated carbocycles. The van der Waals surface area contributed by atoms with Gasteiger partial charge in [0, 0.05) is 71.0 Å². The lowest BCUT2D eigenvalue weighted by Gasteiger charge is -2.32. The number of nitrogens with zero attached hydrogens (tertiary/aromatic N) is 6. The zero-order valence-electron chi connectivity index (χ0n) is 19.5. The minimum absolute atomic E-state index is 0.0140. The van der Waals surface area contributed by atoms with Crippen LogP contribution in [0, 0.1) is 0 Å². The second-order valence-corrected chi connectivity index (χ2v) is 9.74. The first-order chi connectivity index (χ1) is 17.1. The van der Waals surface area contributed by atoms with Gasteiger partial charge in [-0.2, -0.15) is 9.61 Å². The summed E-state index contributed by atoms with van der Waals surface area (Å²) in [4.78, 5) is 28.1. The summed E-state index contributed by atoms with van der Waals surface area (Å²) in [6.07, 6.45) is 8.88. The van der Waals surface area contributed by atoms with Gasteiger partial charge in [0.05, 0.1) is 11.9 Å². The number of rotatable bonds is 5. The third-order valence-electron chi connectivity index (χ3n) is 6.54. The molecule has 0 unspecified atom stereocenters. The average molecular weight is 580 g/mol. The van der Waals surface area contributed by atoms with Crippen molar-refractivity contribution in [2.24, 2.45) is 0 Å². The monoisotopic (exact) mass is 580 g/mol. The Kier molecular flexibility index (Phi) is 6.84. The molecule has 178 valence electrons. The maximum absolute atomic E-state index is 12.3. The Morgan fingerprint density at radius 2 is 2.00 bits per heavy atom. The van der Waals surface area contributed by atoms with Crippen molar-refractivity contribution in [2.75, 3.05) is 29.8 Å². The van der Waals surface area contributed by atoms with Crippen LogP contribution in [0.5, 0.6) is 0 Å². The van der Waals surface area contributed by atoms with E-state index in [1.165, 1.54) is 0 Å². The Bertz CT molecular complexity index is 1340. The first kappa shape index (κ1) is 23.5. The molecular formula is C24H26BIN8O. The third-order valence-corrected chi connectivity index (χ3v) is 7.08. The van der Waals surface area contributed by atoms with Crippen molar-refractivity contribution in [1.29, 1.82) is 0 Å². The number of carbonyl (C=O) groups is 1. The number of amides is 2. The third kappa shape index (κ3) is 4.69. The van der Waals surface area contributed by atoms with Gasteiger partial charge in [0.25, 0.3) is 0 Å². The minimum Gasteiger partial charge on any atom is -0.384 e. The molecule has 0 aliphatic carbocycles. The van der Waals surface area contributed by atoms with Gasteiger partial charge in [-0.25, -0.2) is 9.78 Å². The fourth-order valence-electron chi connectivity index (χ4n) is 4.58. The first-order valence-electron chi connectivity index (χ1n) is 11.7. The van der Waals surface area contributed by atoms with E-state index < -0.39 is 0 Å². The quantitative estimate of drug-likeness (QED) is 0.212. The molecule has 0 spiro atoms. The molecule has 35 heavy (non-hydrogen) atoms. The van der Waals surface area contributed by atoms with Crippen LogP contribution in [-0.4, -0.2) is 67.4 Å². The number of urea groups is 1. The predicted octanol–water partition coefficient (Wildman–Crippen LogP) is 2.02.